The lowest BCUT2D eigenvalue weighted by atomic mass is 9.91. The number of alkyl halides is 3. The van der Waals surface area contributed by atoms with E-state index >= 15 is 0 Å². The van der Waals surface area contributed by atoms with E-state index in [1.54, 1.807) is 30.5 Å². The quantitative estimate of drug-likeness (QED) is 0.116. The van der Waals surface area contributed by atoms with Gasteiger partial charge < -0.3 is 26.5 Å². The monoisotopic (exact) mass is 688 g/mol. The molecule has 1 fully saturated rings. The first-order valence-electron chi connectivity index (χ1n) is 14.8. The van der Waals surface area contributed by atoms with Gasteiger partial charge in [0.25, 0.3) is 10.0 Å². The number of aromatic nitrogens is 3. The summed E-state index contributed by atoms with van der Waals surface area (Å²) in [7, 11) is -4.69. The van der Waals surface area contributed by atoms with Crippen LogP contribution in [0, 0.1) is 5.82 Å². The van der Waals surface area contributed by atoms with E-state index in [2.05, 4.69) is 35.7 Å². The minimum absolute atomic E-state index is 0.0705. The van der Waals surface area contributed by atoms with Gasteiger partial charge >= 0.3 is 12.1 Å². The van der Waals surface area contributed by atoms with Gasteiger partial charge in [0.1, 0.15) is 17.5 Å². The maximum Gasteiger partial charge on any atom is 0.492 e. The molecule has 5 N–H and O–H groups in total. The van der Waals surface area contributed by atoms with Gasteiger partial charge in [-0.2, -0.15) is 18.2 Å². The van der Waals surface area contributed by atoms with Crippen molar-refractivity contribution in [3.8, 4) is 0 Å². The molecule has 1 aliphatic carbocycles. The zero-order chi connectivity index (χ0) is 34.3. The Morgan fingerprint density at radius 1 is 0.938 bits per heavy atom. The Balaban J connectivity index is 1.23. The number of hydrogen-bond acceptors (Lipinski definition) is 11. The molecule has 1 saturated carbocycles. The maximum atomic E-state index is 13.6. The Morgan fingerprint density at radius 2 is 1.65 bits per heavy atom. The van der Waals surface area contributed by atoms with Crippen LogP contribution in [-0.2, 0) is 32.7 Å². The molecule has 0 aliphatic heterocycles. The first-order chi connectivity index (χ1) is 22.9. The second-order valence-corrected chi connectivity index (χ2v) is 12.7. The van der Waals surface area contributed by atoms with Crippen molar-refractivity contribution in [2.24, 2.45) is 0 Å². The Bertz CT molecular complexity index is 1800. The summed E-state index contributed by atoms with van der Waals surface area (Å²) in [6.45, 7) is 0.584. The summed E-state index contributed by atoms with van der Waals surface area (Å²) in [5.74, 6) is -1.94. The number of sulfonamides is 1. The molecule has 0 unspecified atom stereocenters. The van der Waals surface area contributed by atoms with Crippen molar-refractivity contribution in [1.29, 1.82) is 0 Å². The van der Waals surface area contributed by atoms with Crippen LogP contribution in [0.3, 0.4) is 0 Å². The van der Waals surface area contributed by atoms with Crippen LogP contribution in [0.1, 0.15) is 36.8 Å². The molecule has 2 heterocycles. The third-order valence-corrected chi connectivity index (χ3v) is 9.30. The normalized spacial score (nSPS) is 16.8. The largest absolute Gasteiger partial charge is 0.492 e. The predicted molar refractivity (Wildman–Crippen MR) is 168 cm³/mol. The second kappa shape index (κ2) is 14.9. The van der Waals surface area contributed by atoms with Gasteiger partial charge in [0, 0.05) is 42.8 Å². The lowest BCUT2D eigenvalue weighted by Crippen LogP contribution is -2.47. The van der Waals surface area contributed by atoms with Crippen molar-refractivity contribution in [1.82, 2.24) is 24.7 Å². The molecule has 0 radical (unpaired) electrons. The summed E-state index contributed by atoms with van der Waals surface area (Å²) in [6.07, 6.45) is -1.23. The number of rotatable bonds is 12. The Kier molecular flexibility index (Phi) is 10.7. The summed E-state index contributed by atoms with van der Waals surface area (Å²) in [4.78, 5) is 28.5. The lowest BCUT2D eigenvalue weighted by molar-refractivity contribution is -0.228. The van der Waals surface area contributed by atoms with Crippen molar-refractivity contribution in [3.05, 3.63) is 96.1 Å². The minimum atomic E-state index is -5.40. The first kappa shape index (κ1) is 34.5. The molecule has 1 aliphatic rings. The number of nitrogens with zero attached hydrogens (tertiary/aromatic N) is 4. The molecule has 17 heteroatoms. The van der Waals surface area contributed by atoms with Crippen molar-refractivity contribution >= 4 is 39.3 Å². The minimum Gasteiger partial charge on any atom is -0.383 e. The SMILES string of the molecule is Nc1ncccc1CNC1CCC(N(OC(=O)C(F)(F)F)S(=O)(=O)c2ccc(CNc3nccc(Nc4ccc(F)cc4)n3)cc2)CC1. The van der Waals surface area contributed by atoms with E-state index in [0.717, 1.165) is 5.56 Å². The van der Waals surface area contributed by atoms with Crippen LogP contribution < -0.4 is 21.7 Å². The molecule has 4 aromatic rings. The Labute approximate surface area is 273 Å². The van der Waals surface area contributed by atoms with Crippen LogP contribution in [0.5, 0.6) is 0 Å². The van der Waals surface area contributed by atoms with Gasteiger partial charge in [-0.1, -0.05) is 18.2 Å². The fraction of sp³-hybridized carbons (Fsp3) is 0.290. The smallest absolute Gasteiger partial charge is 0.383 e. The number of nitrogen functional groups attached to an aromatic ring is 1. The molecule has 2 aromatic carbocycles. The number of nitrogens with one attached hydrogen (secondary N) is 3. The Morgan fingerprint density at radius 3 is 2.31 bits per heavy atom. The van der Waals surface area contributed by atoms with Gasteiger partial charge in [0.05, 0.1) is 10.9 Å². The highest BCUT2D eigenvalue weighted by Gasteiger charge is 2.46. The second-order valence-electron chi connectivity index (χ2n) is 11.0. The molecule has 0 spiro atoms. The van der Waals surface area contributed by atoms with Gasteiger partial charge in [0.2, 0.25) is 5.95 Å². The molecule has 48 heavy (non-hydrogen) atoms. The number of hydrogen-bond donors (Lipinski definition) is 4. The van der Waals surface area contributed by atoms with Crippen LogP contribution in [0.25, 0.3) is 0 Å². The third-order valence-electron chi connectivity index (χ3n) is 7.59. The van der Waals surface area contributed by atoms with Gasteiger partial charge in [-0.3, -0.25) is 0 Å². The molecule has 0 atom stereocenters. The number of carbonyl (C=O) groups is 1. The number of pyridine rings is 1. The molecule has 0 bridgehead atoms. The number of halogens is 4. The summed E-state index contributed by atoms with van der Waals surface area (Å²) in [6, 6.07) is 15.2. The molecular formula is C31H32F4N8O4S. The topological polar surface area (TPSA) is 164 Å². The summed E-state index contributed by atoms with van der Waals surface area (Å²) < 4.78 is 80.2. The highest BCUT2D eigenvalue weighted by atomic mass is 32.2. The Hall–Kier alpha value is -4.87. The van der Waals surface area contributed by atoms with E-state index in [0.29, 0.717) is 42.3 Å². The van der Waals surface area contributed by atoms with Gasteiger partial charge in [-0.15, -0.1) is 0 Å². The highest BCUT2D eigenvalue weighted by Crippen LogP contribution is 2.31. The van der Waals surface area contributed by atoms with E-state index in [1.165, 1.54) is 42.6 Å². The van der Waals surface area contributed by atoms with E-state index in [4.69, 9.17) is 5.73 Å². The van der Waals surface area contributed by atoms with Crippen molar-refractivity contribution in [3.63, 3.8) is 0 Å². The standard InChI is InChI=1S/C31H32F4N8O4S/c32-22-5-7-24(8-6-22)41-27-15-17-38-30(42-27)40-18-20-3-13-26(14-4-20)48(45,46)43(47-29(44)31(33,34)35)25-11-9-23(10-12-25)39-19-21-2-1-16-37-28(21)36/h1-8,13-17,23,25,39H,9-12,18-19H2,(H2,36,37)(H2,38,40,41,42). The molecule has 254 valence electrons. The summed E-state index contributed by atoms with van der Waals surface area (Å²) in [5, 5.41) is 9.35. The number of carbonyl (C=O) groups excluding carboxylic acids is 1. The van der Waals surface area contributed by atoms with Crippen molar-refractivity contribution in [2.75, 3.05) is 16.4 Å². The average Bonchev–Trinajstić information content (AvgIpc) is 3.07. The molecular weight excluding hydrogens is 656 g/mol. The van der Waals surface area contributed by atoms with E-state index < -0.39 is 28.2 Å². The fourth-order valence-electron chi connectivity index (χ4n) is 5.06. The fourth-order valence-corrected chi connectivity index (χ4v) is 6.51. The van der Waals surface area contributed by atoms with Crippen LogP contribution in [0.4, 0.5) is 40.8 Å². The molecule has 0 saturated heterocycles. The molecule has 12 nitrogen and oxygen atoms in total. The third kappa shape index (κ3) is 8.93. The van der Waals surface area contributed by atoms with E-state index in [-0.39, 0.29) is 46.6 Å². The molecule has 2 aromatic heterocycles. The van der Waals surface area contributed by atoms with Crippen LogP contribution >= 0.6 is 0 Å². The van der Waals surface area contributed by atoms with Crippen molar-refractivity contribution < 1.29 is 35.6 Å². The zero-order valence-electron chi connectivity index (χ0n) is 25.3. The van der Waals surface area contributed by atoms with Gasteiger partial charge in [-0.05, 0) is 84.2 Å². The first-order valence-corrected chi connectivity index (χ1v) is 16.3. The number of hydroxylamine groups is 1. The number of anilines is 4. The summed E-state index contributed by atoms with van der Waals surface area (Å²) >= 11 is 0. The lowest BCUT2D eigenvalue weighted by Gasteiger charge is -2.35. The van der Waals surface area contributed by atoms with E-state index in [9.17, 15) is 30.8 Å². The van der Waals surface area contributed by atoms with Crippen LogP contribution in [-0.4, -0.2) is 52.1 Å². The van der Waals surface area contributed by atoms with Gasteiger partial charge in [0.15, 0.2) is 0 Å². The van der Waals surface area contributed by atoms with Crippen molar-refractivity contribution in [2.45, 2.75) is 61.9 Å². The summed E-state index contributed by atoms with van der Waals surface area (Å²) in [5.41, 5.74) is 7.88. The van der Waals surface area contributed by atoms with Crippen LogP contribution in [0.15, 0.2) is 84.0 Å². The maximum absolute atomic E-state index is 13.6. The molecule has 5 rings (SSSR count). The average molecular weight is 689 g/mol. The van der Waals surface area contributed by atoms with E-state index in [1.807, 2.05) is 6.07 Å². The van der Waals surface area contributed by atoms with Crippen LogP contribution in [0.2, 0.25) is 0 Å². The number of nitrogens with two attached hydrogens (primary N) is 1. The number of benzene rings is 2. The molecule has 0 amide bonds. The predicted octanol–water partition coefficient (Wildman–Crippen LogP) is 5.06. The highest BCUT2D eigenvalue weighted by molar-refractivity contribution is 7.89. The van der Waals surface area contributed by atoms with Gasteiger partial charge in [-0.25, -0.2) is 27.6 Å². The zero-order valence-corrected chi connectivity index (χ0v) is 26.1.